The molecule has 1 aliphatic heterocycles. The quantitative estimate of drug-likeness (QED) is 0.717. The summed E-state index contributed by atoms with van der Waals surface area (Å²) >= 11 is 0. The molecule has 2 rings (SSSR count). The van der Waals surface area contributed by atoms with Crippen LogP contribution in [0.25, 0.3) is 0 Å². The number of carbonyl (C=O) groups is 2. The van der Waals surface area contributed by atoms with E-state index in [1.54, 1.807) is 0 Å². The zero-order valence-corrected chi connectivity index (χ0v) is 12.9. The van der Waals surface area contributed by atoms with Gasteiger partial charge in [0.05, 0.1) is 0 Å². The van der Waals surface area contributed by atoms with Crippen LogP contribution in [0.15, 0.2) is 0 Å². The minimum Gasteiger partial charge on any atom is -0.480 e. The lowest BCUT2D eigenvalue weighted by Crippen LogP contribution is -2.56. The first-order chi connectivity index (χ1) is 10.1. The second kappa shape index (κ2) is 7.11. The first kappa shape index (κ1) is 16.1. The summed E-state index contributed by atoms with van der Waals surface area (Å²) in [6.45, 7) is 6.06. The summed E-state index contributed by atoms with van der Waals surface area (Å²) in [5, 5.41) is 14.9. The number of carboxylic acids is 1. The first-order valence-electron chi connectivity index (χ1n) is 8.07. The van der Waals surface area contributed by atoms with Gasteiger partial charge in [0.1, 0.15) is 5.54 Å². The van der Waals surface area contributed by atoms with Gasteiger partial charge in [0.2, 0.25) is 0 Å². The summed E-state index contributed by atoms with van der Waals surface area (Å²) in [7, 11) is 0. The number of amides is 2. The van der Waals surface area contributed by atoms with E-state index in [-0.39, 0.29) is 6.03 Å². The predicted octanol–water partition coefficient (Wildman–Crippen LogP) is 1.41. The number of hydrogen-bond acceptors (Lipinski definition) is 3. The third-order valence-electron chi connectivity index (χ3n) is 4.92. The van der Waals surface area contributed by atoms with Crippen molar-refractivity contribution in [2.75, 3.05) is 26.2 Å². The number of rotatable bonds is 5. The summed E-state index contributed by atoms with van der Waals surface area (Å²) < 4.78 is 0. The number of urea groups is 1. The number of nitrogens with one attached hydrogen (secondary N) is 2. The topological polar surface area (TPSA) is 81.7 Å². The number of hydrogen-bond donors (Lipinski definition) is 3. The SMILES string of the molecule is CCN1CCC(CNC(=O)NC2(C(=O)O)CCCC2)CC1. The molecule has 0 unspecified atom stereocenters. The Hall–Kier alpha value is -1.30. The van der Waals surface area contributed by atoms with Crippen molar-refractivity contribution in [3.8, 4) is 0 Å². The number of piperidine rings is 1. The summed E-state index contributed by atoms with van der Waals surface area (Å²) in [5.41, 5.74) is -1.05. The average molecular weight is 297 g/mol. The molecule has 2 amide bonds. The van der Waals surface area contributed by atoms with Gasteiger partial charge in [-0.1, -0.05) is 19.8 Å². The van der Waals surface area contributed by atoms with Gasteiger partial charge < -0.3 is 20.6 Å². The largest absolute Gasteiger partial charge is 0.480 e. The fourth-order valence-corrected chi connectivity index (χ4v) is 3.38. The molecule has 0 bridgehead atoms. The van der Waals surface area contributed by atoms with Crippen molar-refractivity contribution < 1.29 is 14.7 Å². The number of aliphatic carboxylic acids is 1. The molecular weight excluding hydrogens is 270 g/mol. The van der Waals surface area contributed by atoms with Crippen molar-refractivity contribution >= 4 is 12.0 Å². The van der Waals surface area contributed by atoms with E-state index in [2.05, 4.69) is 22.5 Å². The summed E-state index contributed by atoms with van der Waals surface area (Å²) in [6.07, 6.45) is 4.98. The molecule has 3 N–H and O–H groups in total. The monoisotopic (exact) mass is 297 g/mol. The van der Waals surface area contributed by atoms with Gasteiger partial charge in [-0.3, -0.25) is 0 Å². The lowest BCUT2D eigenvalue weighted by Gasteiger charge is -2.31. The molecule has 1 aliphatic carbocycles. The molecule has 0 aromatic rings. The number of likely N-dealkylation sites (tertiary alicyclic amines) is 1. The Morgan fingerprint density at radius 3 is 2.38 bits per heavy atom. The van der Waals surface area contributed by atoms with E-state index in [9.17, 15) is 14.7 Å². The van der Waals surface area contributed by atoms with Crippen LogP contribution in [0.3, 0.4) is 0 Å². The van der Waals surface area contributed by atoms with Gasteiger partial charge in [0.15, 0.2) is 0 Å². The van der Waals surface area contributed by atoms with Crippen LogP contribution in [0, 0.1) is 5.92 Å². The molecule has 2 fully saturated rings. The summed E-state index contributed by atoms with van der Waals surface area (Å²) in [5.74, 6) is -0.408. The van der Waals surface area contributed by atoms with E-state index in [1.807, 2.05) is 0 Å². The fourth-order valence-electron chi connectivity index (χ4n) is 3.38. The Labute approximate surface area is 126 Å². The zero-order chi connectivity index (χ0) is 15.3. The second-order valence-electron chi connectivity index (χ2n) is 6.31. The predicted molar refractivity (Wildman–Crippen MR) is 80.2 cm³/mol. The van der Waals surface area contributed by atoms with Gasteiger partial charge in [-0.2, -0.15) is 0 Å². The lowest BCUT2D eigenvalue weighted by molar-refractivity contribution is -0.144. The molecule has 6 nitrogen and oxygen atoms in total. The smallest absolute Gasteiger partial charge is 0.329 e. The van der Waals surface area contributed by atoms with Crippen LogP contribution >= 0.6 is 0 Å². The third-order valence-corrected chi connectivity index (χ3v) is 4.92. The van der Waals surface area contributed by atoms with Crippen LogP contribution in [0.1, 0.15) is 45.4 Å². The van der Waals surface area contributed by atoms with Crippen molar-refractivity contribution in [3.63, 3.8) is 0 Å². The average Bonchev–Trinajstić information content (AvgIpc) is 2.95. The van der Waals surface area contributed by atoms with Crippen LogP contribution in [-0.4, -0.2) is 53.7 Å². The van der Waals surface area contributed by atoms with Crippen LogP contribution < -0.4 is 10.6 Å². The highest BCUT2D eigenvalue weighted by atomic mass is 16.4. The van der Waals surface area contributed by atoms with Gasteiger partial charge in [0.25, 0.3) is 0 Å². The van der Waals surface area contributed by atoms with Gasteiger partial charge in [0, 0.05) is 6.54 Å². The number of carbonyl (C=O) groups excluding carboxylic acids is 1. The zero-order valence-electron chi connectivity index (χ0n) is 12.9. The molecule has 0 aromatic heterocycles. The summed E-state index contributed by atoms with van der Waals surface area (Å²) in [4.78, 5) is 25.8. The van der Waals surface area contributed by atoms with E-state index >= 15 is 0 Å². The molecule has 0 atom stereocenters. The van der Waals surface area contributed by atoms with E-state index in [4.69, 9.17) is 0 Å². The van der Waals surface area contributed by atoms with Gasteiger partial charge in [-0.15, -0.1) is 0 Å². The normalized spacial score (nSPS) is 22.9. The second-order valence-corrected chi connectivity index (χ2v) is 6.31. The molecule has 0 aromatic carbocycles. The highest BCUT2D eigenvalue weighted by Crippen LogP contribution is 2.29. The fraction of sp³-hybridized carbons (Fsp3) is 0.867. The third kappa shape index (κ3) is 4.09. The first-order valence-corrected chi connectivity index (χ1v) is 8.07. The van der Waals surface area contributed by atoms with Crippen LogP contribution in [-0.2, 0) is 4.79 Å². The van der Waals surface area contributed by atoms with Crippen molar-refractivity contribution in [3.05, 3.63) is 0 Å². The molecule has 120 valence electrons. The maximum Gasteiger partial charge on any atom is 0.329 e. The highest BCUT2D eigenvalue weighted by molar-refractivity contribution is 5.86. The van der Waals surface area contributed by atoms with Crippen LogP contribution in [0.2, 0.25) is 0 Å². The van der Waals surface area contributed by atoms with Crippen molar-refractivity contribution in [1.82, 2.24) is 15.5 Å². The van der Waals surface area contributed by atoms with Gasteiger partial charge >= 0.3 is 12.0 Å². The Bertz CT molecular complexity index is 372. The summed E-state index contributed by atoms with van der Waals surface area (Å²) in [6, 6.07) is -0.336. The van der Waals surface area contributed by atoms with Gasteiger partial charge in [-0.05, 0) is 51.2 Å². The van der Waals surface area contributed by atoms with Crippen molar-refractivity contribution in [2.24, 2.45) is 5.92 Å². The minimum absolute atomic E-state index is 0.336. The minimum atomic E-state index is -1.05. The molecule has 0 radical (unpaired) electrons. The van der Waals surface area contributed by atoms with Crippen LogP contribution in [0.5, 0.6) is 0 Å². The maximum absolute atomic E-state index is 12.0. The van der Waals surface area contributed by atoms with E-state index in [0.29, 0.717) is 25.3 Å². The molecule has 6 heteroatoms. The maximum atomic E-state index is 12.0. The van der Waals surface area contributed by atoms with E-state index in [1.165, 1.54) is 0 Å². The van der Waals surface area contributed by atoms with E-state index < -0.39 is 11.5 Å². The Morgan fingerprint density at radius 1 is 1.24 bits per heavy atom. The molecule has 0 spiro atoms. The molecule has 1 saturated carbocycles. The lowest BCUT2D eigenvalue weighted by atomic mass is 9.96. The Kier molecular flexibility index (Phi) is 5.45. The number of nitrogens with zero attached hydrogens (tertiary/aromatic N) is 1. The molecule has 1 saturated heterocycles. The Balaban J connectivity index is 1.73. The molecule has 21 heavy (non-hydrogen) atoms. The van der Waals surface area contributed by atoms with Crippen molar-refractivity contribution in [1.29, 1.82) is 0 Å². The molecule has 2 aliphatic rings. The Morgan fingerprint density at radius 2 is 1.86 bits per heavy atom. The van der Waals surface area contributed by atoms with Crippen molar-refractivity contribution in [2.45, 2.75) is 51.0 Å². The number of carboxylic acid groups (broad SMARTS) is 1. The standard InChI is InChI=1S/C15H27N3O3/c1-2-18-9-5-12(6-10-18)11-16-14(21)17-15(13(19)20)7-3-4-8-15/h12H,2-11H2,1H3,(H,19,20)(H2,16,17,21). The van der Waals surface area contributed by atoms with Crippen LogP contribution in [0.4, 0.5) is 4.79 Å². The molecular formula is C15H27N3O3. The highest BCUT2D eigenvalue weighted by Gasteiger charge is 2.42. The van der Waals surface area contributed by atoms with Gasteiger partial charge in [-0.25, -0.2) is 9.59 Å². The molecule has 1 heterocycles. The van der Waals surface area contributed by atoms with E-state index in [0.717, 1.165) is 45.3 Å².